The summed E-state index contributed by atoms with van der Waals surface area (Å²) in [6.45, 7) is 3.86. The molecule has 0 unspecified atom stereocenters. The lowest BCUT2D eigenvalue weighted by molar-refractivity contribution is 0.0943. The van der Waals surface area contributed by atoms with E-state index in [2.05, 4.69) is 23.2 Å². The molecule has 2 heterocycles. The summed E-state index contributed by atoms with van der Waals surface area (Å²) in [5.41, 5.74) is 2.08. The van der Waals surface area contributed by atoms with Gasteiger partial charge in [0.1, 0.15) is 0 Å². The third-order valence-electron chi connectivity index (χ3n) is 3.27. The van der Waals surface area contributed by atoms with Gasteiger partial charge in [0, 0.05) is 27.9 Å². The summed E-state index contributed by atoms with van der Waals surface area (Å²) in [4.78, 5) is 18.4. The molecule has 0 bridgehead atoms. The summed E-state index contributed by atoms with van der Waals surface area (Å²) in [6, 6.07) is 14.1. The number of fused-ring (bicyclic) bond motifs is 1. The van der Waals surface area contributed by atoms with E-state index in [1.54, 1.807) is 17.5 Å². The molecule has 0 saturated carbocycles. The SMILES string of the molecule is CC(C)C(=O)c1ccc(-c2cccc3cccnc23)s1. The molecular formula is C17H15NOS. The first kappa shape index (κ1) is 13.0. The number of carbonyl (C=O) groups excluding carboxylic acids is 1. The third-order valence-corrected chi connectivity index (χ3v) is 4.40. The lowest BCUT2D eigenvalue weighted by Gasteiger charge is -2.03. The van der Waals surface area contributed by atoms with Crippen molar-refractivity contribution in [2.24, 2.45) is 5.92 Å². The van der Waals surface area contributed by atoms with Crippen LogP contribution in [0.25, 0.3) is 21.3 Å². The zero-order chi connectivity index (χ0) is 14.1. The average Bonchev–Trinajstić information content (AvgIpc) is 2.95. The van der Waals surface area contributed by atoms with Gasteiger partial charge in [-0.15, -0.1) is 11.3 Å². The highest BCUT2D eigenvalue weighted by Crippen LogP contribution is 2.33. The number of Topliss-reactive ketones (excluding diaryl/α,β-unsaturated/α-hetero) is 1. The molecule has 0 radical (unpaired) electrons. The third kappa shape index (κ3) is 2.25. The smallest absolute Gasteiger partial charge is 0.175 e. The molecule has 100 valence electrons. The van der Waals surface area contributed by atoms with E-state index in [4.69, 9.17) is 0 Å². The first-order valence-corrected chi connectivity index (χ1v) is 7.46. The Balaban J connectivity index is 2.10. The quantitative estimate of drug-likeness (QED) is 0.645. The number of benzene rings is 1. The first-order chi connectivity index (χ1) is 9.66. The number of carbonyl (C=O) groups is 1. The van der Waals surface area contributed by atoms with E-state index in [0.29, 0.717) is 0 Å². The minimum Gasteiger partial charge on any atom is -0.293 e. The molecule has 0 aliphatic heterocycles. The molecule has 0 aliphatic carbocycles. The van der Waals surface area contributed by atoms with Gasteiger partial charge in [-0.3, -0.25) is 9.78 Å². The van der Waals surface area contributed by atoms with Crippen LogP contribution in [0.2, 0.25) is 0 Å². The molecule has 0 spiro atoms. The molecule has 0 amide bonds. The zero-order valence-electron chi connectivity index (χ0n) is 11.5. The van der Waals surface area contributed by atoms with Crippen molar-refractivity contribution in [3.05, 3.63) is 53.5 Å². The maximum atomic E-state index is 12.0. The standard InChI is InChI=1S/C17H15NOS/c1-11(2)17(19)15-9-8-14(20-15)13-7-3-5-12-6-4-10-18-16(12)13/h3-11H,1-2H3. The van der Waals surface area contributed by atoms with Gasteiger partial charge in [-0.25, -0.2) is 0 Å². The van der Waals surface area contributed by atoms with E-state index in [-0.39, 0.29) is 11.7 Å². The molecule has 3 heteroatoms. The average molecular weight is 281 g/mol. The maximum absolute atomic E-state index is 12.0. The van der Waals surface area contributed by atoms with Crippen molar-refractivity contribution in [2.45, 2.75) is 13.8 Å². The molecule has 0 N–H and O–H groups in total. The van der Waals surface area contributed by atoms with Crippen LogP contribution < -0.4 is 0 Å². The van der Waals surface area contributed by atoms with Crippen LogP contribution in [0.3, 0.4) is 0 Å². The minimum absolute atomic E-state index is 0.0344. The number of nitrogens with zero attached hydrogens (tertiary/aromatic N) is 1. The number of thiophene rings is 1. The molecule has 1 aromatic carbocycles. The Morgan fingerprint density at radius 3 is 2.70 bits per heavy atom. The Kier molecular flexibility index (Phi) is 3.36. The van der Waals surface area contributed by atoms with Gasteiger partial charge >= 0.3 is 0 Å². The molecule has 0 fully saturated rings. The highest BCUT2D eigenvalue weighted by Gasteiger charge is 2.14. The molecule has 2 nitrogen and oxygen atoms in total. The van der Waals surface area contributed by atoms with Crippen molar-refractivity contribution in [3.63, 3.8) is 0 Å². The summed E-state index contributed by atoms with van der Waals surface area (Å²) in [5, 5.41) is 1.12. The van der Waals surface area contributed by atoms with Gasteiger partial charge in [0.05, 0.1) is 10.4 Å². The van der Waals surface area contributed by atoms with Crippen molar-refractivity contribution in [1.82, 2.24) is 4.98 Å². The largest absolute Gasteiger partial charge is 0.293 e. The van der Waals surface area contributed by atoms with Gasteiger partial charge in [0.2, 0.25) is 0 Å². The molecular weight excluding hydrogens is 266 g/mol. The van der Waals surface area contributed by atoms with Crippen LogP contribution in [-0.4, -0.2) is 10.8 Å². The van der Waals surface area contributed by atoms with Gasteiger partial charge in [-0.2, -0.15) is 0 Å². The molecule has 3 rings (SSSR count). The van der Waals surface area contributed by atoms with E-state index in [9.17, 15) is 4.79 Å². The van der Waals surface area contributed by atoms with E-state index >= 15 is 0 Å². The van der Waals surface area contributed by atoms with Crippen LogP contribution in [0.15, 0.2) is 48.7 Å². The van der Waals surface area contributed by atoms with Crippen LogP contribution >= 0.6 is 11.3 Å². The number of hydrogen-bond acceptors (Lipinski definition) is 3. The number of rotatable bonds is 3. The molecule has 0 atom stereocenters. The number of ketones is 1. The molecule has 20 heavy (non-hydrogen) atoms. The van der Waals surface area contributed by atoms with E-state index in [0.717, 1.165) is 26.2 Å². The summed E-state index contributed by atoms with van der Waals surface area (Å²) < 4.78 is 0. The van der Waals surface area contributed by atoms with Crippen LogP contribution in [-0.2, 0) is 0 Å². The van der Waals surface area contributed by atoms with Crippen molar-refractivity contribution in [2.75, 3.05) is 0 Å². The van der Waals surface area contributed by atoms with Gasteiger partial charge < -0.3 is 0 Å². The topological polar surface area (TPSA) is 30.0 Å². The number of aromatic nitrogens is 1. The predicted molar refractivity (Wildman–Crippen MR) is 84.2 cm³/mol. The summed E-state index contributed by atoms with van der Waals surface area (Å²) >= 11 is 1.55. The van der Waals surface area contributed by atoms with Crippen LogP contribution in [0.5, 0.6) is 0 Å². The summed E-state index contributed by atoms with van der Waals surface area (Å²) in [5.74, 6) is 0.238. The number of para-hydroxylation sites is 1. The first-order valence-electron chi connectivity index (χ1n) is 6.65. The lowest BCUT2D eigenvalue weighted by Crippen LogP contribution is -2.04. The van der Waals surface area contributed by atoms with E-state index < -0.39 is 0 Å². The van der Waals surface area contributed by atoms with Crippen molar-refractivity contribution in [3.8, 4) is 10.4 Å². The fourth-order valence-corrected chi connectivity index (χ4v) is 3.32. The van der Waals surface area contributed by atoms with Gasteiger partial charge in [0.15, 0.2) is 5.78 Å². The van der Waals surface area contributed by atoms with Crippen molar-refractivity contribution < 1.29 is 4.79 Å². The minimum atomic E-state index is 0.0344. The second-order valence-corrected chi connectivity index (χ2v) is 6.15. The van der Waals surface area contributed by atoms with Gasteiger partial charge in [-0.05, 0) is 18.2 Å². The van der Waals surface area contributed by atoms with Gasteiger partial charge in [0.25, 0.3) is 0 Å². The highest BCUT2D eigenvalue weighted by molar-refractivity contribution is 7.17. The second kappa shape index (κ2) is 5.17. The normalized spacial score (nSPS) is 11.2. The lowest BCUT2D eigenvalue weighted by atomic mass is 10.1. The van der Waals surface area contributed by atoms with Crippen molar-refractivity contribution >= 4 is 28.0 Å². The van der Waals surface area contributed by atoms with Crippen LogP contribution in [0.1, 0.15) is 23.5 Å². The fraction of sp³-hybridized carbons (Fsp3) is 0.176. The molecule has 3 aromatic rings. The summed E-state index contributed by atoms with van der Waals surface area (Å²) in [6.07, 6.45) is 1.81. The Hall–Kier alpha value is -2.00. The van der Waals surface area contributed by atoms with E-state index in [1.807, 2.05) is 38.1 Å². The fourth-order valence-electron chi connectivity index (χ4n) is 2.20. The Morgan fingerprint density at radius 1 is 1.10 bits per heavy atom. The number of pyridine rings is 1. The second-order valence-electron chi connectivity index (χ2n) is 5.06. The molecule has 0 saturated heterocycles. The van der Waals surface area contributed by atoms with Gasteiger partial charge in [-0.1, -0.05) is 38.1 Å². The Morgan fingerprint density at radius 2 is 1.90 bits per heavy atom. The Bertz CT molecular complexity index is 768. The van der Waals surface area contributed by atoms with Crippen LogP contribution in [0.4, 0.5) is 0 Å². The predicted octanol–water partition coefficient (Wildman–Crippen LogP) is 4.80. The molecule has 2 aromatic heterocycles. The van der Waals surface area contributed by atoms with Crippen molar-refractivity contribution in [1.29, 1.82) is 0 Å². The van der Waals surface area contributed by atoms with E-state index in [1.165, 1.54) is 0 Å². The highest BCUT2D eigenvalue weighted by atomic mass is 32.1. The molecule has 0 aliphatic rings. The van der Waals surface area contributed by atoms with Crippen LogP contribution in [0, 0.1) is 5.92 Å². The maximum Gasteiger partial charge on any atom is 0.175 e. The zero-order valence-corrected chi connectivity index (χ0v) is 12.3. The summed E-state index contributed by atoms with van der Waals surface area (Å²) in [7, 11) is 0. The number of hydrogen-bond donors (Lipinski definition) is 0. The monoisotopic (exact) mass is 281 g/mol. The Labute approximate surface area is 122 Å².